The molecule has 1 aromatic heterocycles. The lowest BCUT2D eigenvalue weighted by atomic mass is 9.37. The maximum atomic E-state index is 14.0. The van der Waals surface area contributed by atoms with Gasteiger partial charge in [-0.05, 0) is 53.9 Å². The number of fused-ring (bicyclic) bond motifs is 2. The molecule has 7 nitrogen and oxygen atoms in total. The number of aliphatic hydroxyl groups excluding tert-OH is 1. The van der Waals surface area contributed by atoms with Gasteiger partial charge >= 0.3 is 5.97 Å². The Bertz CT molecular complexity index is 1170. The summed E-state index contributed by atoms with van der Waals surface area (Å²) in [5.74, 6) is -4.21. The van der Waals surface area contributed by atoms with Crippen LogP contribution in [-0.2, 0) is 19.1 Å². The van der Waals surface area contributed by atoms with Crippen molar-refractivity contribution in [2.45, 2.75) is 51.1 Å². The first-order valence-electron chi connectivity index (χ1n) is 12.3. The second-order valence-corrected chi connectivity index (χ2v) is 11.6. The number of aliphatic hydroxyl groups is 2. The van der Waals surface area contributed by atoms with Gasteiger partial charge in [0.2, 0.25) is 5.79 Å². The Balaban J connectivity index is 1.45. The summed E-state index contributed by atoms with van der Waals surface area (Å²) in [6.07, 6.45) is 10.1. The summed E-state index contributed by atoms with van der Waals surface area (Å²) in [4.78, 5) is 31.0. The molecule has 4 aliphatic carbocycles. The summed E-state index contributed by atoms with van der Waals surface area (Å²) in [6, 6.07) is 3.57. The first-order valence-corrected chi connectivity index (χ1v) is 12.3. The lowest BCUT2D eigenvalue weighted by Gasteiger charge is -2.72. The molecule has 2 N–H and O–H groups in total. The van der Waals surface area contributed by atoms with E-state index in [0.29, 0.717) is 18.4 Å². The van der Waals surface area contributed by atoms with Crippen molar-refractivity contribution in [1.29, 1.82) is 0 Å². The zero-order valence-corrected chi connectivity index (χ0v) is 20.0. The number of nitrogens with zero attached hydrogens (tertiary/aromatic N) is 1. The van der Waals surface area contributed by atoms with E-state index in [0.717, 1.165) is 12.0 Å². The van der Waals surface area contributed by atoms with Crippen molar-refractivity contribution in [3.8, 4) is 0 Å². The van der Waals surface area contributed by atoms with Crippen LogP contribution in [0.1, 0.15) is 38.7 Å². The predicted molar refractivity (Wildman–Crippen MR) is 126 cm³/mol. The van der Waals surface area contributed by atoms with Crippen molar-refractivity contribution in [3.05, 3.63) is 60.5 Å². The van der Waals surface area contributed by atoms with Gasteiger partial charge in [0.1, 0.15) is 17.6 Å². The molecule has 0 aromatic carbocycles. The minimum atomic E-state index is -2.17. The van der Waals surface area contributed by atoms with Crippen molar-refractivity contribution in [3.63, 3.8) is 0 Å². The molecule has 0 amide bonds. The number of carbonyl (C=O) groups is 2. The number of hydrogen-bond acceptors (Lipinski definition) is 7. The Morgan fingerprint density at radius 2 is 2.14 bits per heavy atom. The van der Waals surface area contributed by atoms with Crippen molar-refractivity contribution in [2.75, 3.05) is 6.61 Å². The second-order valence-electron chi connectivity index (χ2n) is 11.6. The summed E-state index contributed by atoms with van der Waals surface area (Å²) in [6.45, 7) is 8.44. The fraction of sp³-hybridized carbons (Fsp3) is 0.536. The van der Waals surface area contributed by atoms with Gasteiger partial charge in [-0.1, -0.05) is 38.6 Å². The van der Waals surface area contributed by atoms with Crippen LogP contribution in [0.2, 0.25) is 0 Å². The van der Waals surface area contributed by atoms with Gasteiger partial charge in [0, 0.05) is 35.7 Å². The molecule has 8 atom stereocenters. The van der Waals surface area contributed by atoms with E-state index >= 15 is 0 Å². The molecule has 3 heterocycles. The number of aromatic nitrogens is 1. The normalized spacial score (nSPS) is 44.9. The van der Waals surface area contributed by atoms with E-state index in [9.17, 15) is 19.8 Å². The summed E-state index contributed by atoms with van der Waals surface area (Å²) in [7, 11) is 0. The van der Waals surface area contributed by atoms with Crippen molar-refractivity contribution in [2.24, 2.45) is 34.0 Å². The van der Waals surface area contributed by atoms with Gasteiger partial charge < -0.3 is 19.7 Å². The molecule has 2 spiro atoms. The molecule has 0 unspecified atom stereocenters. The fourth-order valence-corrected chi connectivity index (χ4v) is 8.35. The molecule has 0 radical (unpaired) electrons. The largest absolute Gasteiger partial charge is 0.457 e. The number of pyridine rings is 1. The summed E-state index contributed by atoms with van der Waals surface area (Å²) < 4.78 is 12.0. The van der Waals surface area contributed by atoms with E-state index in [1.54, 1.807) is 24.5 Å². The Hall–Kier alpha value is -2.61. The molecular weight excluding hydrogens is 446 g/mol. The Kier molecular flexibility index (Phi) is 4.71. The number of ether oxygens (including phenoxy) is 2. The molecule has 5 fully saturated rings. The Morgan fingerprint density at radius 3 is 2.89 bits per heavy atom. The van der Waals surface area contributed by atoms with Crippen LogP contribution < -0.4 is 0 Å². The standard InChI is InChI=1S/C28H31NO6/c1-16-18-8-9-19-26-12-5-11-25(2,3)21(26)23(32)28(33,34-15-26)27(19,22(16)31)24(18)35-20(30)10-7-17-6-4-13-29-14-17/h4-7,10,12-14,18-19,21,23-24,32-33H,1,8-9,11,15H2,2-3H3/b10-7+/t18-,19-,21+,23-,24+,26+,27-,28+/m0/s1. The molecule has 7 heteroatoms. The second kappa shape index (κ2) is 7.21. The number of allylic oxidation sites excluding steroid dienone is 1. The zero-order chi connectivity index (χ0) is 24.8. The predicted octanol–water partition coefficient (Wildman–Crippen LogP) is 2.84. The third-order valence-electron chi connectivity index (χ3n) is 9.58. The number of esters is 1. The minimum Gasteiger partial charge on any atom is -0.457 e. The number of hydrogen-bond donors (Lipinski definition) is 2. The van der Waals surface area contributed by atoms with Gasteiger partial charge in [0.25, 0.3) is 0 Å². The highest BCUT2D eigenvalue weighted by Crippen LogP contribution is 2.75. The van der Waals surface area contributed by atoms with Crippen LogP contribution in [-0.4, -0.2) is 51.6 Å². The molecule has 184 valence electrons. The highest BCUT2D eigenvalue weighted by Gasteiger charge is 2.86. The van der Waals surface area contributed by atoms with Crippen LogP contribution in [0.15, 0.2) is 54.9 Å². The van der Waals surface area contributed by atoms with Gasteiger partial charge in [-0.3, -0.25) is 9.78 Å². The maximum Gasteiger partial charge on any atom is 0.331 e. The molecule has 2 aliphatic heterocycles. The van der Waals surface area contributed by atoms with Crippen molar-refractivity contribution >= 4 is 17.8 Å². The Labute approximate surface area is 204 Å². The maximum absolute atomic E-state index is 14.0. The third kappa shape index (κ3) is 2.64. The van der Waals surface area contributed by atoms with Crippen molar-refractivity contribution < 1.29 is 29.3 Å². The molecule has 1 aromatic rings. The molecule has 2 saturated heterocycles. The van der Waals surface area contributed by atoms with Crippen LogP contribution in [0.3, 0.4) is 0 Å². The van der Waals surface area contributed by atoms with E-state index in [1.165, 1.54) is 6.08 Å². The highest BCUT2D eigenvalue weighted by molar-refractivity contribution is 6.05. The van der Waals surface area contributed by atoms with Crippen LogP contribution in [0.5, 0.6) is 0 Å². The van der Waals surface area contributed by atoms with Crippen LogP contribution >= 0.6 is 0 Å². The lowest BCUT2D eigenvalue weighted by Crippen LogP contribution is -2.83. The van der Waals surface area contributed by atoms with E-state index in [4.69, 9.17) is 9.47 Å². The van der Waals surface area contributed by atoms with Gasteiger partial charge in [0.05, 0.1) is 6.61 Å². The van der Waals surface area contributed by atoms with Crippen molar-refractivity contribution in [1.82, 2.24) is 4.98 Å². The zero-order valence-electron chi connectivity index (χ0n) is 20.0. The third-order valence-corrected chi connectivity index (χ3v) is 9.58. The first-order chi connectivity index (χ1) is 16.6. The lowest BCUT2D eigenvalue weighted by molar-refractivity contribution is -0.436. The summed E-state index contributed by atoms with van der Waals surface area (Å²) >= 11 is 0. The van der Waals surface area contributed by atoms with Crippen LogP contribution in [0, 0.1) is 34.0 Å². The average molecular weight is 478 g/mol. The molecule has 7 rings (SSSR count). The van der Waals surface area contributed by atoms with Gasteiger partial charge in [0.15, 0.2) is 5.78 Å². The van der Waals surface area contributed by atoms with Gasteiger partial charge in [-0.15, -0.1) is 0 Å². The average Bonchev–Trinajstić information content (AvgIpc) is 2.94. The monoisotopic (exact) mass is 477 g/mol. The SMILES string of the molecule is C=C1C(=O)[C@]23[C@H](OC(=O)/C=C/c4cccnc4)[C@H]1CC[C@H]2[C@]12C=CCC(C)(C)[C@H]1[C@H](O)[C@@]3(O)OC2. The summed E-state index contributed by atoms with van der Waals surface area (Å²) in [5, 5.41) is 23.8. The molecule has 3 saturated carbocycles. The van der Waals surface area contributed by atoms with Crippen LogP contribution in [0.25, 0.3) is 6.08 Å². The number of carbonyl (C=O) groups excluding carboxylic acids is 2. The highest BCUT2D eigenvalue weighted by atomic mass is 16.6. The Morgan fingerprint density at radius 1 is 1.34 bits per heavy atom. The first kappa shape index (κ1) is 22.8. The summed E-state index contributed by atoms with van der Waals surface area (Å²) in [5.41, 5.74) is -1.48. The smallest absolute Gasteiger partial charge is 0.331 e. The molecule has 6 aliphatic rings. The number of rotatable bonds is 3. The molecular formula is C28H31NO6. The van der Waals surface area contributed by atoms with E-state index < -0.39 is 40.7 Å². The molecule has 4 bridgehead atoms. The van der Waals surface area contributed by atoms with Gasteiger partial charge in [-0.2, -0.15) is 0 Å². The number of Topliss-reactive ketones (excluding diaryl/α,β-unsaturated/α-hetero) is 1. The molecule has 35 heavy (non-hydrogen) atoms. The fourth-order valence-electron chi connectivity index (χ4n) is 8.35. The van der Waals surface area contributed by atoms with E-state index in [-0.39, 0.29) is 29.6 Å². The van der Waals surface area contributed by atoms with Gasteiger partial charge in [-0.25, -0.2) is 4.79 Å². The van der Waals surface area contributed by atoms with E-state index in [2.05, 4.69) is 37.6 Å². The quantitative estimate of drug-likeness (QED) is 0.392. The van der Waals surface area contributed by atoms with E-state index in [1.807, 2.05) is 6.07 Å². The topological polar surface area (TPSA) is 106 Å². The van der Waals surface area contributed by atoms with Crippen LogP contribution in [0.4, 0.5) is 0 Å². The number of ketones is 1. The minimum absolute atomic E-state index is 0.212.